The van der Waals surface area contributed by atoms with Crippen molar-refractivity contribution in [1.82, 2.24) is 30.1 Å². The fourth-order valence-corrected chi connectivity index (χ4v) is 6.24. The third-order valence-corrected chi connectivity index (χ3v) is 9.06. The van der Waals surface area contributed by atoms with E-state index in [1.54, 1.807) is 12.2 Å². The van der Waals surface area contributed by atoms with Crippen molar-refractivity contribution in [3.63, 3.8) is 0 Å². The number of aromatic nitrogens is 1. The summed E-state index contributed by atoms with van der Waals surface area (Å²) in [6.07, 6.45) is 6.05. The lowest BCUT2D eigenvalue weighted by molar-refractivity contribution is -0.264. The van der Waals surface area contributed by atoms with Crippen LogP contribution < -0.4 is 5.32 Å². The zero-order chi connectivity index (χ0) is 35.3. The van der Waals surface area contributed by atoms with Crippen molar-refractivity contribution in [2.45, 2.75) is 84.3 Å². The van der Waals surface area contributed by atoms with Crippen LogP contribution in [-0.4, -0.2) is 101 Å². The van der Waals surface area contributed by atoms with Gasteiger partial charge >= 0.3 is 6.09 Å². The van der Waals surface area contributed by atoms with E-state index < -0.39 is 18.4 Å². The van der Waals surface area contributed by atoms with Gasteiger partial charge in [-0.1, -0.05) is 82.8 Å². The zero-order valence-corrected chi connectivity index (χ0v) is 29.7. The van der Waals surface area contributed by atoms with Crippen LogP contribution in [0.25, 0.3) is 12.2 Å². The quantitative estimate of drug-likeness (QED) is 0.291. The summed E-state index contributed by atoms with van der Waals surface area (Å²) in [7, 11) is 2.07. The largest absolute Gasteiger partial charge is 0.443 e. The van der Waals surface area contributed by atoms with E-state index in [4.69, 9.17) is 9.57 Å². The standard InChI is InChI=1S/C24H34N4O5.C14H20N2.H2/c1-17(2)13-20-23(30)27-15-22(29)26(19-9-11-25(3)12-10-19)14-21(27)28(33-20)24(31)32-16-18-7-5-4-6-8-18;1-4-7-10-15-11-13-9-8-12(5-2)14(6-3)16-13;/h4-8,17,19-21H,9-16H2,1-3H3;5-6,8-9,15H,2-4,7,10-11H2,1H3;1H/t20-,21?;;/m1../s1. The molecule has 3 fully saturated rings. The fraction of sp³-hybridized carbons (Fsp3) is 0.526. The normalized spacial score (nSPS) is 20.1. The number of ether oxygens (including phenoxy) is 1. The first-order valence-electron chi connectivity index (χ1n) is 17.6. The van der Waals surface area contributed by atoms with Gasteiger partial charge in [0.2, 0.25) is 5.91 Å². The molecule has 49 heavy (non-hydrogen) atoms. The number of amides is 3. The van der Waals surface area contributed by atoms with Gasteiger partial charge in [-0.25, -0.2) is 4.79 Å². The fourth-order valence-electron chi connectivity index (χ4n) is 6.24. The number of hydrogen-bond acceptors (Lipinski definition) is 8. The van der Waals surface area contributed by atoms with Gasteiger partial charge in [-0.2, -0.15) is 5.06 Å². The molecule has 0 saturated carbocycles. The number of hydroxylamine groups is 2. The highest BCUT2D eigenvalue weighted by atomic mass is 16.7. The number of piperidine rings is 1. The van der Waals surface area contributed by atoms with Crippen LogP contribution in [0.2, 0.25) is 0 Å². The number of fused-ring (bicyclic) bond motifs is 1. The lowest BCUT2D eigenvalue weighted by Crippen LogP contribution is -2.71. The van der Waals surface area contributed by atoms with Gasteiger partial charge in [-0.05, 0) is 81.6 Å². The van der Waals surface area contributed by atoms with Crippen molar-refractivity contribution in [3.8, 4) is 0 Å². The van der Waals surface area contributed by atoms with Crippen LogP contribution in [0.5, 0.6) is 0 Å². The molecular weight excluding hydrogens is 620 g/mol. The molecule has 268 valence electrons. The number of carbonyl (C=O) groups excluding carboxylic acids is 3. The van der Waals surface area contributed by atoms with E-state index in [1.807, 2.05) is 61.2 Å². The molecule has 3 aliphatic rings. The maximum atomic E-state index is 13.2. The Labute approximate surface area is 293 Å². The maximum Gasteiger partial charge on any atom is 0.436 e. The third kappa shape index (κ3) is 10.5. The number of benzene rings is 1. The second-order valence-corrected chi connectivity index (χ2v) is 13.3. The minimum absolute atomic E-state index is 0. The topological polar surface area (TPSA) is 108 Å². The molecule has 0 spiro atoms. The number of nitrogens with zero attached hydrogens (tertiary/aromatic N) is 5. The minimum Gasteiger partial charge on any atom is -0.443 e. The number of nitrogens with one attached hydrogen (secondary N) is 1. The van der Waals surface area contributed by atoms with Crippen LogP contribution in [0, 0.1) is 5.92 Å². The van der Waals surface area contributed by atoms with Crippen LogP contribution in [-0.2, 0) is 32.3 Å². The summed E-state index contributed by atoms with van der Waals surface area (Å²) in [6, 6.07) is 13.6. The van der Waals surface area contributed by atoms with E-state index in [2.05, 4.69) is 42.3 Å². The number of unbranched alkanes of at least 4 members (excludes halogenated alkanes) is 1. The van der Waals surface area contributed by atoms with E-state index in [0.717, 1.165) is 61.5 Å². The number of likely N-dealkylation sites (tertiary alicyclic amines) is 1. The van der Waals surface area contributed by atoms with Gasteiger partial charge in [-0.15, -0.1) is 0 Å². The zero-order valence-electron chi connectivity index (χ0n) is 29.7. The molecule has 11 heteroatoms. The highest BCUT2D eigenvalue weighted by Crippen LogP contribution is 2.29. The van der Waals surface area contributed by atoms with E-state index >= 15 is 0 Å². The van der Waals surface area contributed by atoms with Crippen molar-refractivity contribution in [2.24, 2.45) is 5.92 Å². The predicted octanol–water partition coefficient (Wildman–Crippen LogP) is 5.58. The van der Waals surface area contributed by atoms with Crippen molar-refractivity contribution in [2.75, 3.05) is 39.8 Å². The molecule has 1 aromatic carbocycles. The van der Waals surface area contributed by atoms with Gasteiger partial charge in [0.25, 0.3) is 5.91 Å². The summed E-state index contributed by atoms with van der Waals surface area (Å²) in [5, 5.41) is 4.56. The molecular formula is C38H56N6O5. The summed E-state index contributed by atoms with van der Waals surface area (Å²) in [5.41, 5.74) is 3.86. The molecule has 11 nitrogen and oxygen atoms in total. The molecule has 1 unspecified atom stereocenters. The first-order chi connectivity index (χ1) is 23.6. The van der Waals surface area contributed by atoms with Crippen LogP contribution in [0.4, 0.5) is 4.79 Å². The number of rotatable bonds is 12. The first-order valence-corrected chi connectivity index (χ1v) is 17.6. The van der Waals surface area contributed by atoms with Crippen LogP contribution in [0.15, 0.2) is 55.6 Å². The molecule has 5 rings (SSSR count). The number of carbonyl (C=O) groups is 3. The van der Waals surface area contributed by atoms with Crippen molar-refractivity contribution < 1.29 is 25.4 Å². The van der Waals surface area contributed by atoms with Crippen LogP contribution >= 0.6 is 0 Å². The number of piperazine rings is 1. The molecule has 3 aliphatic heterocycles. The highest BCUT2D eigenvalue weighted by molar-refractivity contribution is 5.89. The summed E-state index contributed by atoms with van der Waals surface area (Å²) >= 11 is 0. The molecule has 3 amide bonds. The second kappa shape index (κ2) is 18.6. The SMILES string of the molecule is C=Cc1ccc(CNCCCC)nc1C=C.CC(C)C[C@H]1ON(C(=O)OCc2ccccc2)C2CN(C3CCN(C)CC3)C(=O)CN2C1=O.[HH]. The van der Waals surface area contributed by atoms with Crippen LogP contribution in [0.3, 0.4) is 0 Å². The molecule has 3 saturated heterocycles. The molecule has 1 N–H and O–H groups in total. The highest BCUT2D eigenvalue weighted by Gasteiger charge is 2.50. The summed E-state index contributed by atoms with van der Waals surface area (Å²) in [5.74, 6) is -0.122. The molecule has 2 atom stereocenters. The summed E-state index contributed by atoms with van der Waals surface area (Å²) in [4.78, 5) is 55.3. The first kappa shape index (κ1) is 37.8. The smallest absolute Gasteiger partial charge is 0.436 e. The van der Waals surface area contributed by atoms with Gasteiger partial charge in [-0.3, -0.25) is 19.4 Å². The Morgan fingerprint density at radius 3 is 2.49 bits per heavy atom. The molecule has 4 heterocycles. The van der Waals surface area contributed by atoms with Crippen molar-refractivity contribution in [1.29, 1.82) is 0 Å². The van der Waals surface area contributed by atoms with Crippen LogP contribution in [0.1, 0.15) is 76.8 Å². The van der Waals surface area contributed by atoms with Gasteiger partial charge < -0.3 is 24.8 Å². The second-order valence-electron chi connectivity index (χ2n) is 13.3. The van der Waals surface area contributed by atoms with Crippen molar-refractivity contribution >= 4 is 30.1 Å². The Bertz CT molecular complexity index is 1420. The molecule has 2 aromatic rings. The lowest BCUT2D eigenvalue weighted by atomic mass is 10.0. The Morgan fingerprint density at radius 2 is 1.84 bits per heavy atom. The Morgan fingerprint density at radius 1 is 1.10 bits per heavy atom. The summed E-state index contributed by atoms with van der Waals surface area (Å²) < 4.78 is 5.54. The predicted molar refractivity (Wildman–Crippen MR) is 194 cm³/mol. The van der Waals surface area contributed by atoms with E-state index in [-0.39, 0.29) is 44.9 Å². The number of pyridine rings is 1. The third-order valence-electron chi connectivity index (χ3n) is 9.06. The van der Waals surface area contributed by atoms with Gasteiger partial charge in [0, 0.05) is 14.0 Å². The average molecular weight is 677 g/mol. The van der Waals surface area contributed by atoms with Gasteiger partial charge in [0.15, 0.2) is 12.3 Å². The van der Waals surface area contributed by atoms with E-state index in [1.165, 1.54) is 22.8 Å². The number of hydrogen-bond donors (Lipinski definition) is 1. The molecule has 0 bridgehead atoms. The Balaban J connectivity index is 0.000000336. The van der Waals surface area contributed by atoms with Crippen molar-refractivity contribution in [3.05, 3.63) is 78.1 Å². The van der Waals surface area contributed by atoms with Gasteiger partial charge in [0.05, 0.1) is 17.9 Å². The van der Waals surface area contributed by atoms with Gasteiger partial charge in [0.1, 0.15) is 13.2 Å². The minimum atomic E-state index is -0.812. The molecule has 1 aromatic heterocycles. The Kier molecular flexibility index (Phi) is 14.4. The lowest BCUT2D eigenvalue weighted by Gasteiger charge is -2.51. The monoisotopic (exact) mass is 676 g/mol. The summed E-state index contributed by atoms with van der Waals surface area (Å²) in [6.45, 7) is 17.7. The molecule has 0 aliphatic carbocycles. The maximum absolute atomic E-state index is 13.2. The Hall–Kier alpha value is -4.06. The average Bonchev–Trinajstić information content (AvgIpc) is 3.11. The van der Waals surface area contributed by atoms with E-state index in [0.29, 0.717) is 6.42 Å². The van der Waals surface area contributed by atoms with E-state index in [9.17, 15) is 14.4 Å². The molecule has 0 radical (unpaired) electrons.